The van der Waals surface area contributed by atoms with Crippen LogP contribution in [0.2, 0.25) is 15.1 Å². The molecule has 1 N–H and O–H groups in total. The molecule has 8 heteroatoms. The summed E-state index contributed by atoms with van der Waals surface area (Å²) in [4.78, 5) is 0. The second-order valence-corrected chi connectivity index (χ2v) is 8.43. The molecule has 0 aliphatic heterocycles. The van der Waals surface area contributed by atoms with Crippen molar-refractivity contribution in [3.05, 3.63) is 90.8 Å². The Morgan fingerprint density at radius 1 is 0.900 bits per heavy atom. The fraction of sp³-hybridized carbons (Fsp3) is 0.182. The first-order valence-electron chi connectivity index (χ1n) is 8.85. The average Bonchev–Trinajstić information content (AvgIpc) is 2.69. The van der Waals surface area contributed by atoms with Gasteiger partial charge in [0.15, 0.2) is 11.5 Å². The minimum atomic E-state index is 0. The van der Waals surface area contributed by atoms with Gasteiger partial charge in [-0.05, 0) is 57.4 Å². The van der Waals surface area contributed by atoms with Crippen molar-refractivity contribution in [2.24, 2.45) is 0 Å². The van der Waals surface area contributed by atoms with Crippen LogP contribution in [-0.2, 0) is 19.7 Å². The number of hydrogen-bond acceptors (Lipinski definition) is 3. The maximum Gasteiger partial charge on any atom is 0.175 e. The molecule has 0 atom stereocenters. The van der Waals surface area contributed by atoms with Gasteiger partial charge in [0.1, 0.15) is 6.61 Å². The summed E-state index contributed by atoms with van der Waals surface area (Å²) in [6, 6.07) is 17.1. The van der Waals surface area contributed by atoms with Crippen LogP contribution < -0.4 is 14.8 Å². The average molecular weight is 552 g/mol. The lowest BCUT2D eigenvalue weighted by Crippen LogP contribution is -2.13. The van der Waals surface area contributed by atoms with Crippen molar-refractivity contribution in [2.45, 2.75) is 19.7 Å². The Hall–Kier alpha value is -1.14. The van der Waals surface area contributed by atoms with E-state index in [-0.39, 0.29) is 12.4 Å². The highest BCUT2D eigenvalue weighted by atomic mass is 79.9. The molecule has 0 fully saturated rings. The van der Waals surface area contributed by atoms with Gasteiger partial charge in [-0.2, -0.15) is 0 Å². The molecule has 0 aromatic heterocycles. The number of rotatable bonds is 8. The molecular weight excluding hydrogens is 532 g/mol. The summed E-state index contributed by atoms with van der Waals surface area (Å²) in [5, 5.41) is 5.30. The van der Waals surface area contributed by atoms with Crippen LogP contribution in [0.5, 0.6) is 11.5 Å². The molecule has 3 aromatic carbocycles. The number of ether oxygens (including phenoxy) is 2. The molecule has 0 saturated heterocycles. The molecule has 0 aliphatic carbocycles. The molecule has 3 aromatic rings. The van der Waals surface area contributed by atoms with Gasteiger partial charge in [0.05, 0.1) is 11.6 Å². The van der Waals surface area contributed by atoms with Crippen LogP contribution in [0.25, 0.3) is 0 Å². The lowest BCUT2D eigenvalue weighted by atomic mass is 10.1. The summed E-state index contributed by atoms with van der Waals surface area (Å²) in [7, 11) is 1.62. The van der Waals surface area contributed by atoms with Crippen LogP contribution in [-0.4, -0.2) is 7.11 Å². The van der Waals surface area contributed by atoms with E-state index in [9.17, 15) is 0 Å². The van der Waals surface area contributed by atoms with Crippen LogP contribution in [0.15, 0.2) is 59.1 Å². The van der Waals surface area contributed by atoms with Gasteiger partial charge < -0.3 is 14.8 Å². The predicted octanol–water partition coefficient (Wildman–Crippen LogP) is 7.71. The van der Waals surface area contributed by atoms with Gasteiger partial charge in [0.25, 0.3) is 0 Å². The van der Waals surface area contributed by atoms with Crippen molar-refractivity contribution in [3.63, 3.8) is 0 Å². The standard InChI is InChI=1S/C22H19BrCl3NO2.ClH/c1-28-21-9-14(11-27-12-15-4-2-3-5-19(15)25)8-18(23)22(21)29-13-16-6-7-17(24)10-20(16)26;/h2-10,27H,11-13H2,1H3;1H. The van der Waals surface area contributed by atoms with Gasteiger partial charge in [-0.25, -0.2) is 0 Å². The van der Waals surface area contributed by atoms with E-state index in [1.807, 2.05) is 42.5 Å². The van der Waals surface area contributed by atoms with Gasteiger partial charge in [-0.1, -0.05) is 59.1 Å². The molecule has 0 saturated carbocycles. The zero-order chi connectivity index (χ0) is 20.8. The first-order valence-corrected chi connectivity index (χ1v) is 10.8. The number of benzene rings is 3. The summed E-state index contributed by atoms with van der Waals surface area (Å²) in [6.45, 7) is 1.63. The Balaban J connectivity index is 0.00000320. The third-order valence-corrected chi connectivity index (χ3v) is 5.82. The van der Waals surface area contributed by atoms with E-state index in [1.165, 1.54) is 0 Å². The molecule has 0 unspecified atom stereocenters. The van der Waals surface area contributed by atoms with Gasteiger partial charge in [0, 0.05) is 33.7 Å². The second kappa shape index (κ2) is 12.0. The molecule has 30 heavy (non-hydrogen) atoms. The van der Waals surface area contributed by atoms with Gasteiger partial charge in [-0.15, -0.1) is 12.4 Å². The first-order chi connectivity index (χ1) is 14.0. The highest BCUT2D eigenvalue weighted by molar-refractivity contribution is 9.10. The van der Waals surface area contributed by atoms with Gasteiger partial charge in [0.2, 0.25) is 0 Å². The van der Waals surface area contributed by atoms with Crippen LogP contribution in [0.4, 0.5) is 0 Å². The van der Waals surface area contributed by atoms with E-state index < -0.39 is 0 Å². The summed E-state index contributed by atoms with van der Waals surface area (Å²) in [6.07, 6.45) is 0. The molecule has 3 rings (SSSR count). The van der Waals surface area contributed by atoms with Crippen LogP contribution in [0, 0.1) is 0 Å². The van der Waals surface area contributed by atoms with E-state index in [0.717, 1.165) is 26.2 Å². The third kappa shape index (κ3) is 6.68. The Morgan fingerprint density at radius 2 is 1.67 bits per heavy atom. The summed E-state index contributed by atoms with van der Waals surface area (Å²) in [5.41, 5.74) is 2.95. The number of hydrogen-bond donors (Lipinski definition) is 1. The quantitative estimate of drug-likeness (QED) is 0.311. The maximum atomic E-state index is 6.23. The molecule has 0 radical (unpaired) electrons. The smallest absolute Gasteiger partial charge is 0.175 e. The lowest BCUT2D eigenvalue weighted by Gasteiger charge is -2.15. The van der Waals surface area contributed by atoms with Crippen LogP contribution >= 0.6 is 63.1 Å². The Morgan fingerprint density at radius 3 is 2.37 bits per heavy atom. The normalized spacial score (nSPS) is 10.4. The Bertz CT molecular complexity index is 1000. The number of methoxy groups -OCH3 is 1. The van der Waals surface area contributed by atoms with Crippen molar-refractivity contribution in [3.8, 4) is 11.5 Å². The van der Waals surface area contributed by atoms with E-state index in [4.69, 9.17) is 44.3 Å². The first kappa shape index (κ1) is 25.1. The summed E-state index contributed by atoms with van der Waals surface area (Å²) >= 11 is 22.0. The van der Waals surface area contributed by atoms with E-state index >= 15 is 0 Å². The third-order valence-electron chi connectivity index (χ3n) is 4.28. The minimum absolute atomic E-state index is 0. The zero-order valence-electron chi connectivity index (χ0n) is 16.1. The van der Waals surface area contributed by atoms with Crippen LogP contribution in [0.1, 0.15) is 16.7 Å². The molecule has 0 heterocycles. The summed E-state index contributed by atoms with van der Waals surface area (Å²) < 4.78 is 12.3. The SMILES string of the molecule is COc1cc(CNCc2ccccc2Cl)cc(Br)c1OCc1ccc(Cl)cc1Cl.Cl. The largest absolute Gasteiger partial charge is 0.493 e. The molecule has 0 bridgehead atoms. The van der Waals surface area contributed by atoms with Gasteiger partial charge in [-0.3, -0.25) is 0 Å². The summed E-state index contributed by atoms with van der Waals surface area (Å²) in [5.74, 6) is 1.26. The topological polar surface area (TPSA) is 30.5 Å². The second-order valence-electron chi connectivity index (χ2n) is 6.33. The molecule has 0 spiro atoms. The maximum absolute atomic E-state index is 6.23. The van der Waals surface area contributed by atoms with Crippen molar-refractivity contribution < 1.29 is 9.47 Å². The highest BCUT2D eigenvalue weighted by Gasteiger charge is 2.13. The zero-order valence-corrected chi connectivity index (χ0v) is 20.7. The fourth-order valence-corrected chi connectivity index (χ4v) is 4.06. The van der Waals surface area contributed by atoms with E-state index in [1.54, 1.807) is 19.2 Å². The predicted molar refractivity (Wildman–Crippen MR) is 131 cm³/mol. The molecular formula is C22H20BrCl4NO2. The Labute approximate surface area is 206 Å². The number of halogens is 5. The van der Waals surface area contributed by atoms with E-state index in [0.29, 0.717) is 41.2 Å². The van der Waals surface area contributed by atoms with Crippen molar-refractivity contribution in [1.82, 2.24) is 5.32 Å². The van der Waals surface area contributed by atoms with Gasteiger partial charge >= 0.3 is 0 Å². The monoisotopic (exact) mass is 549 g/mol. The van der Waals surface area contributed by atoms with Crippen molar-refractivity contribution >= 4 is 63.1 Å². The van der Waals surface area contributed by atoms with Crippen molar-refractivity contribution in [2.75, 3.05) is 7.11 Å². The lowest BCUT2D eigenvalue weighted by molar-refractivity contribution is 0.282. The van der Waals surface area contributed by atoms with Crippen molar-refractivity contribution in [1.29, 1.82) is 0 Å². The number of nitrogens with one attached hydrogen (secondary N) is 1. The fourth-order valence-electron chi connectivity index (χ4n) is 2.79. The highest BCUT2D eigenvalue weighted by Crippen LogP contribution is 2.37. The molecule has 0 amide bonds. The molecule has 160 valence electrons. The Kier molecular flexibility index (Phi) is 10.1. The molecule has 3 nitrogen and oxygen atoms in total. The minimum Gasteiger partial charge on any atom is -0.493 e. The van der Waals surface area contributed by atoms with E-state index in [2.05, 4.69) is 21.2 Å². The van der Waals surface area contributed by atoms with Crippen LogP contribution in [0.3, 0.4) is 0 Å². The molecule has 0 aliphatic rings.